The number of hydrogen-bond donors (Lipinski definition) is 0. The standard InChI is InChI=1S/C16H13ClF2N2/c1-10(11-3-6-13(17)7-4-11)21(2)14-8-5-12(9-20)15(18)16(14)19/h3-8,10H,1-2H3. The summed E-state index contributed by atoms with van der Waals surface area (Å²) in [5, 5.41) is 9.32. The molecule has 2 rings (SSSR count). The number of anilines is 1. The molecule has 1 unspecified atom stereocenters. The zero-order valence-electron chi connectivity index (χ0n) is 11.6. The van der Waals surface area contributed by atoms with Crippen molar-refractivity contribution in [3.05, 3.63) is 64.2 Å². The lowest BCUT2D eigenvalue weighted by molar-refractivity contribution is 0.502. The van der Waals surface area contributed by atoms with Gasteiger partial charge >= 0.3 is 0 Å². The third kappa shape index (κ3) is 2.98. The highest BCUT2D eigenvalue weighted by Crippen LogP contribution is 2.30. The summed E-state index contributed by atoms with van der Waals surface area (Å²) < 4.78 is 27.8. The summed E-state index contributed by atoms with van der Waals surface area (Å²) in [6.45, 7) is 1.87. The number of nitriles is 1. The maximum Gasteiger partial charge on any atom is 0.183 e. The van der Waals surface area contributed by atoms with Crippen molar-refractivity contribution in [2.24, 2.45) is 0 Å². The molecule has 2 aromatic rings. The van der Waals surface area contributed by atoms with Gasteiger partial charge in [0, 0.05) is 12.1 Å². The molecule has 0 fully saturated rings. The van der Waals surface area contributed by atoms with Crippen molar-refractivity contribution in [2.45, 2.75) is 13.0 Å². The molecule has 0 aromatic heterocycles. The first-order chi connectivity index (χ1) is 9.95. The van der Waals surface area contributed by atoms with Crippen molar-refractivity contribution in [1.29, 1.82) is 5.26 Å². The van der Waals surface area contributed by atoms with Crippen LogP contribution >= 0.6 is 11.6 Å². The quantitative estimate of drug-likeness (QED) is 0.822. The van der Waals surface area contributed by atoms with E-state index in [0.717, 1.165) is 5.56 Å². The molecule has 21 heavy (non-hydrogen) atoms. The van der Waals surface area contributed by atoms with Crippen LogP contribution in [0.15, 0.2) is 36.4 Å². The second kappa shape index (κ2) is 6.11. The first kappa shape index (κ1) is 15.3. The van der Waals surface area contributed by atoms with Gasteiger partial charge in [0.05, 0.1) is 17.3 Å². The Kier molecular flexibility index (Phi) is 4.44. The van der Waals surface area contributed by atoms with E-state index in [1.807, 2.05) is 19.1 Å². The van der Waals surface area contributed by atoms with Gasteiger partial charge in [-0.25, -0.2) is 8.78 Å². The van der Waals surface area contributed by atoms with Gasteiger partial charge in [-0.15, -0.1) is 0 Å². The molecular weight excluding hydrogens is 294 g/mol. The largest absolute Gasteiger partial charge is 0.365 e. The molecule has 2 aromatic carbocycles. The van der Waals surface area contributed by atoms with E-state index in [2.05, 4.69) is 0 Å². The van der Waals surface area contributed by atoms with Crippen LogP contribution in [0.25, 0.3) is 0 Å². The average Bonchev–Trinajstić information content (AvgIpc) is 2.49. The molecule has 0 saturated carbocycles. The molecular formula is C16H13ClF2N2. The van der Waals surface area contributed by atoms with Gasteiger partial charge in [0.25, 0.3) is 0 Å². The second-order valence-electron chi connectivity index (χ2n) is 4.71. The summed E-state index contributed by atoms with van der Waals surface area (Å²) in [7, 11) is 1.67. The Morgan fingerprint density at radius 2 is 1.71 bits per heavy atom. The van der Waals surface area contributed by atoms with E-state index < -0.39 is 11.6 Å². The van der Waals surface area contributed by atoms with Crippen LogP contribution in [0.3, 0.4) is 0 Å². The summed E-state index contributed by atoms with van der Waals surface area (Å²) in [6, 6.07) is 11.3. The molecule has 0 N–H and O–H groups in total. The summed E-state index contributed by atoms with van der Waals surface area (Å²) in [5.41, 5.74) is 0.726. The number of hydrogen-bond acceptors (Lipinski definition) is 2. The molecule has 108 valence electrons. The van der Waals surface area contributed by atoms with Crippen LogP contribution in [0.5, 0.6) is 0 Å². The van der Waals surface area contributed by atoms with Gasteiger partial charge in [0.15, 0.2) is 11.6 Å². The van der Waals surface area contributed by atoms with Crippen molar-refractivity contribution >= 4 is 17.3 Å². The molecule has 0 aliphatic heterocycles. The molecule has 0 radical (unpaired) electrons. The van der Waals surface area contributed by atoms with Gasteiger partial charge in [-0.2, -0.15) is 5.26 Å². The Bertz CT molecular complexity index is 693. The Hall–Kier alpha value is -2.12. The average molecular weight is 307 g/mol. The van der Waals surface area contributed by atoms with Gasteiger partial charge in [-0.1, -0.05) is 23.7 Å². The Morgan fingerprint density at radius 1 is 1.10 bits per heavy atom. The van der Waals surface area contributed by atoms with E-state index in [1.165, 1.54) is 12.1 Å². The van der Waals surface area contributed by atoms with Crippen molar-refractivity contribution < 1.29 is 8.78 Å². The second-order valence-corrected chi connectivity index (χ2v) is 5.15. The first-order valence-electron chi connectivity index (χ1n) is 6.32. The predicted molar refractivity (Wildman–Crippen MR) is 79.3 cm³/mol. The molecule has 0 bridgehead atoms. The minimum Gasteiger partial charge on any atom is -0.365 e. The van der Waals surface area contributed by atoms with Crippen LogP contribution in [-0.4, -0.2) is 7.05 Å². The van der Waals surface area contributed by atoms with Gasteiger partial charge in [-0.3, -0.25) is 0 Å². The third-order valence-electron chi connectivity index (χ3n) is 3.50. The topological polar surface area (TPSA) is 27.0 Å². The van der Waals surface area contributed by atoms with Crippen molar-refractivity contribution in [1.82, 2.24) is 0 Å². The summed E-state index contributed by atoms with van der Waals surface area (Å²) in [5.74, 6) is -2.14. The Morgan fingerprint density at radius 3 is 2.29 bits per heavy atom. The van der Waals surface area contributed by atoms with Gasteiger partial charge in [0.2, 0.25) is 0 Å². The first-order valence-corrected chi connectivity index (χ1v) is 6.70. The Labute approximate surface area is 127 Å². The SMILES string of the molecule is CC(c1ccc(Cl)cc1)N(C)c1ccc(C#N)c(F)c1F. The molecule has 0 aliphatic carbocycles. The maximum atomic E-state index is 14.1. The number of halogens is 3. The lowest BCUT2D eigenvalue weighted by atomic mass is 10.1. The Balaban J connectivity index is 2.36. The zero-order valence-corrected chi connectivity index (χ0v) is 12.3. The number of benzene rings is 2. The summed E-state index contributed by atoms with van der Waals surface area (Å²) >= 11 is 5.84. The highest BCUT2D eigenvalue weighted by atomic mass is 35.5. The molecule has 0 saturated heterocycles. The fraction of sp³-hybridized carbons (Fsp3) is 0.188. The van der Waals surface area contributed by atoms with Crippen LogP contribution in [0.4, 0.5) is 14.5 Å². The smallest absolute Gasteiger partial charge is 0.183 e. The van der Waals surface area contributed by atoms with E-state index in [4.69, 9.17) is 16.9 Å². The van der Waals surface area contributed by atoms with Gasteiger partial charge in [0.1, 0.15) is 6.07 Å². The van der Waals surface area contributed by atoms with Crippen LogP contribution in [0, 0.1) is 23.0 Å². The normalized spacial score (nSPS) is 11.8. The molecule has 1 atom stereocenters. The molecule has 2 nitrogen and oxygen atoms in total. The molecule has 0 amide bonds. The zero-order chi connectivity index (χ0) is 15.6. The van der Waals surface area contributed by atoms with Crippen LogP contribution < -0.4 is 4.90 Å². The van der Waals surface area contributed by atoms with Crippen LogP contribution in [-0.2, 0) is 0 Å². The van der Waals surface area contributed by atoms with Crippen LogP contribution in [0.1, 0.15) is 24.1 Å². The molecule has 0 heterocycles. The lowest BCUT2D eigenvalue weighted by Gasteiger charge is -2.28. The predicted octanol–water partition coefficient (Wildman–Crippen LogP) is 4.69. The minimum atomic E-state index is -1.12. The van der Waals surface area contributed by atoms with E-state index >= 15 is 0 Å². The minimum absolute atomic E-state index is 0.106. The van der Waals surface area contributed by atoms with Crippen molar-refractivity contribution in [2.75, 3.05) is 11.9 Å². The summed E-state index contributed by atoms with van der Waals surface area (Å²) in [4.78, 5) is 1.61. The molecule has 0 spiro atoms. The van der Waals surface area contributed by atoms with E-state index in [-0.39, 0.29) is 17.3 Å². The lowest BCUT2D eigenvalue weighted by Crippen LogP contribution is -2.23. The number of rotatable bonds is 3. The van der Waals surface area contributed by atoms with Crippen molar-refractivity contribution in [3.8, 4) is 6.07 Å². The van der Waals surface area contributed by atoms with Gasteiger partial charge in [-0.05, 0) is 36.8 Å². The fourth-order valence-electron chi connectivity index (χ4n) is 2.07. The van der Waals surface area contributed by atoms with E-state index in [0.29, 0.717) is 5.02 Å². The van der Waals surface area contributed by atoms with E-state index in [9.17, 15) is 8.78 Å². The highest BCUT2D eigenvalue weighted by molar-refractivity contribution is 6.30. The third-order valence-corrected chi connectivity index (χ3v) is 3.75. The van der Waals surface area contributed by atoms with E-state index in [1.54, 1.807) is 30.1 Å². The van der Waals surface area contributed by atoms with Gasteiger partial charge < -0.3 is 4.90 Å². The number of nitrogens with zero attached hydrogens (tertiary/aromatic N) is 2. The van der Waals surface area contributed by atoms with Crippen LogP contribution in [0.2, 0.25) is 5.02 Å². The monoisotopic (exact) mass is 306 g/mol. The maximum absolute atomic E-state index is 14.1. The highest BCUT2D eigenvalue weighted by Gasteiger charge is 2.20. The van der Waals surface area contributed by atoms with Crippen molar-refractivity contribution in [3.63, 3.8) is 0 Å². The molecule has 0 aliphatic rings. The fourth-order valence-corrected chi connectivity index (χ4v) is 2.20. The summed E-state index contributed by atoms with van der Waals surface area (Å²) in [6.07, 6.45) is 0. The molecule has 5 heteroatoms.